The number of aldehydes is 2. The third-order valence-corrected chi connectivity index (χ3v) is 3.47. The number of nitrogens with zero attached hydrogens (tertiary/aromatic N) is 2. The normalized spacial score (nSPS) is 14.8. The molecule has 0 N–H and O–H groups in total. The van der Waals surface area contributed by atoms with Crippen LogP contribution in [0.2, 0.25) is 0 Å². The van der Waals surface area contributed by atoms with Crippen molar-refractivity contribution >= 4 is 36.2 Å². The van der Waals surface area contributed by atoms with Crippen LogP contribution in [0, 0.1) is 4.91 Å². The number of hydroxylamine groups is 2. The molecule has 1 aliphatic heterocycles. The smallest absolute Gasteiger partial charge is 0.425 e. The molecule has 0 radical (unpaired) electrons. The van der Waals surface area contributed by atoms with Gasteiger partial charge in [-0.3, -0.25) is 24.0 Å². The van der Waals surface area contributed by atoms with Gasteiger partial charge in [-0.1, -0.05) is 5.06 Å². The van der Waals surface area contributed by atoms with E-state index in [2.05, 4.69) is 10.0 Å². The summed E-state index contributed by atoms with van der Waals surface area (Å²) in [4.78, 5) is 71.8. The molecule has 1 aliphatic rings. The predicted octanol–water partition coefficient (Wildman–Crippen LogP) is 1.99. The minimum absolute atomic E-state index is 0.0221. The molecular formula is C15H12N2O8. The SMILES string of the molecule is CC(OC(=O)ON1C(=O)CCC1=O)c1cc(C=O)c(C=O)cc1N=O. The highest BCUT2D eigenvalue weighted by Gasteiger charge is 2.34. The Kier molecular flexibility index (Phi) is 5.32. The topological polar surface area (TPSA) is 136 Å². The van der Waals surface area contributed by atoms with Gasteiger partial charge in [-0.05, 0) is 24.2 Å². The molecule has 2 rings (SSSR count). The molecule has 0 bridgehead atoms. The summed E-state index contributed by atoms with van der Waals surface area (Å²) in [7, 11) is 0. The summed E-state index contributed by atoms with van der Waals surface area (Å²) in [6.07, 6.45) is -1.82. The third kappa shape index (κ3) is 3.74. The average Bonchev–Trinajstić information content (AvgIpc) is 2.92. The maximum absolute atomic E-state index is 11.7. The molecule has 1 aromatic carbocycles. The highest BCUT2D eigenvalue weighted by atomic mass is 16.8. The Balaban J connectivity index is 2.18. The third-order valence-electron chi connectivity index (χ3n) is 3.47. The van der Waals surface area contributed by atoms with Crippen molar-refractivity contribution in [1.82, 2.24) is 5.06 Å². The quantitative estimate of drug-likeness (QED) is 0.329. The Labute approximate surface area is 140 Å². The summed E-state index contributed by atoms with van der Waals surface area (Å²) in [5.41, 5.74) is -0.220. The number of amides is 2. The molecular weight excluding hydrogens is 336 g/mol. The van der Waals surface area contributed by atoms with Gasteiger partial charge in [0.05, 0.1) is 0 Å². The van der Waals surface area contributed by atoms with E-state index in [0.717, 1.165) is 6.07 Å². The van der Waals surface area contributed by atoms with Gasteiger partial charge in [0.15, 0.2) is 12.6 Å². The number of rotatable bonds is 6. The standard InChI is InChI=1S/C15H12N2O8/c1-8(24-15(22)25-17-13(20)2-3-14(17)21)11-4-9(6-18)10(7-19)5-12(11)16-23/h4-8H,2-3H2,1H3. The molecule has 10 heteroatoms. The molecule has 1 aromatic rings. The maximum Gasteiger partial charge on any atom is 0.534 e. The van der Waals surface area contributed by atoms with E-state index in [1.807, 2.05) is 0 Å². The molecule has 1 saturated heterocycles. The van der Waals surface area contributed by atoms with Crippen LogP contribution in [0.4, 0.5) is 10.5 Å². The molecule has 1 heterocycles. The van der Waals surface area contributed by atoms with Gasteiger partial charge in [0.1, 0.15) is 11.8 Å². The van der Waals surface area contributed by atoms with Crippen molar-refractivity contribution in [2.45, 2.75) is 25.9 Å². The van der Waals surface area contributed by atoms with Gasteiger partial charge in [-0.2, -0.15) is 0 Å². The number of ether oxygens (including phenoxy) is 1. The van der Waals surface area contributed by atoms with Crippen molar-refractivity contribution in [2.75, 3.05) is 0 Å². The Morgan fingerprint density at radius 1 is 1.16 bits per heavy atom. The molecule has 1 atom stereocenters. The first kappa shape index (κ1) is 17.9. The van der Waals surface area contributed by atoms with Crippen LogP contribution < -0.4 is 0 Å². The van der Waals surface area contributed by atoms with Gasteiger partial charge in [-0.25, -0.2) is 4.79 Å². The van der Waals surface area contributed by atoms with Crippen molar-refractivity contribution in [3.8, 4) is 0 Å². The number of benzene rings is 1. The first-order chi connectivity index (χ1) is 11.9. The summed E-state index contributed by atoms with van der Waals surface area (Å²) >= 11 is 0. The van der Waals surface area contributed by atoms with Crippen LogP contribution in [-0.4, -0.2) is 35.6 Å². The summed E-state index contributed by atoms with van der Waals surface area (Å²) in [5, 5.41) is 3.04. The molecule has 25 heavy (non-hydrogen) atoms. The minimum atomic E-state index is -1.35. The summed E-state index contributed by atoms with van der Waals surface area (Å²) in [6, 6.07) is 2.26. The van der Waals surface area contributed by atoms with E-state index in [1.165, 1.54) is 13.0 Å². The number of imide groups is 1. The lowest BCUT2D eigenvalue weighted by Gasteiger charge is -2.17. The molecule has 1 fully saturated rings. The van der Waals surface area contributed by atoms with Crippen LogP contribution >= 0.6 is 0 Å². The fourth-order valence-electron chi connectivity index (χ4n) is 2.21. The summed E-state index contributed by atoms with van der Waals surface area (Å²) < 4.78 is 4.90. The van der Waals surface area contributed by atoms with Gasteiger partial charge < -0.3 is 4.74 Å². The number of nitroso groups, excluding NO2 is 1. The second-order valence-electron chi connectivity index (χ2n) is 5.05. The summed E-state index contributed by atoms with van der Waals surface area (Å²) in [6.45, 7) is 1.36. The zero-order chi connectivity index (χ0) is 18.6. The van der Waals surface area contributed by atoms with E-state index in [-0.39, 0.29) is 35.2 Å². The van der Waals surface area contributed by atoms with Gasteiger partial charge >= 0.3 is 6.16 Å². The number of hydrogen-bond acceptors (Lipinski definition) is 9. The Morgan fingerprint density at radius 3 is 2.24 bits per heavy atom. The van der Waals surface area contributed by atoms with E-state index in [0.29, 0.717) is 17.6 Å². The van der Waals surface area contributed by atoms with Crippen LogP contribution in [0.15, 0.2) is 17.3 Å². The molecule has 0 aromatic heterocycles. The van der Waals surface area contributed by atoms with E-state index >= 15 is 0 Å². The van der Waals surface area contributed by atoms with Gasteiger partial charge in [0.2, 0.25) is 0 Å². The lowest BCUT2D eigenvalue weighted by Crippen LogP contribution is -2.32. The Hall–Kier alpha value is -3.43. The van der Waals surface area contributed by atoms with Crippen LogP contribution in [0.5, 0.6) is 0 Å². The van der Waals surface area contributed by atoms with E-state index in [4.69, 9.17) is 4.74 Å². The van der Waals surface area contributed by atoms with Crippen LogP contribution in [0.1, 0.15) is 52.1 Å². The lowest BCUT2D eigenvalue weighted by molar-refractivity contribution is -0.178. The van der Waals surface area contributed by atoms with Crippen molar-refractivity contribution in [3.63, 3.8) is 0 Å². The van der Waals surface area contributed by atoms with Crippen molar-refractivity contribution in [2.24, 2.45) is 5.18 Å². The van der Waals surface area contributed by atoms with Gasteiger partial charge in [0.25, 0.3) is 11.8 Å². The highest BCUT2D eigenvalue weighted by Crippen LogP contribution is 2.30. The van der Waals surface area contributed by atoms with Crippen LogP contribution in [0.25, 0.3) is 0 Å². The van der Waals surface area contributed by atoms with E-state index in [9.17, 15) is 28.9 Å². The molecule has 0 aliphatic carbocycles. The molecule has 0 spiro atoms. The second kappa shape index (κ2) is 7.43. The zero-order valence-corrected chi connectivity index (χ0v) is 13.0. The largest absolute Gasteiger partial charge is 0.534 e. The first-order valence-corrected chi connectivity index (χ1v) is 7.07. The molecule has 2 amide bonds. The Morgan fingerprint density at radius 2 is 1.72 bits per heavy atom. The van der Waals surface area contributed by atoms with Crippen molar-refractivity contribution in [1.29, 1.82) is 0 Å². The second-order valence-corrected chi connectivity index (χ2v) is 5.05. The van der Waals surface area contributed by atoms with Crippen LogP contribution in [-0.2, 0) is 19.2 Å². The van der Waals surface area contributed by atoms with Crippen molar-refractivity contribution < 1.29 is 33.5 Å². The molecule has 10 nitrogen and oxygen atoms in total. The Bertz CT molecular complexity index is 757. The fourth-order valence-corrected chi connectivity index (χ4v) is 2.21. The fraction of sp³-hybridized carbons (Fsp3) is 0.267. The molecule has 130 valence electrons. The lowest BCUT2D eigenvalue weighted by atomic mass is 10.0. The zero-order valence-electron chi connectivity index (χ0n) is 13.0. The van der Waals surface area contributed by atoms with E-state index in [1.54, 1.807) is 0 Å². The minimum Gasteiger partial charge on any atom is -0.425 e. The van der Waals surface area contributed by atoms with Crippen molar-refractivity contribution in [3.05, 3.63) is 33.7 Å². The monoisotopic (exact) mass is 348 g/mol. The average molecular weight is 348 g/mol. The molecule has 1 unspecified atom stereocenters. The number of carbonyl (C=O) groups is 5. The maximum atomic E-state index is 11.7. The number of carbonyl (C=O) groups excluding carboxylic acids is 5. The van der Waals surface area contributed by atoms with Crippen LogP contribution in [0.3, 0.4) is 0 Å². The summed E-state index contributed by atoms with van der Waals surface area (Å²) in [5.74, 6) is -1.35. The first-order valence-electron chi connectivity index (χ1n) is 7.07. The number of hydrogen-bond donors (Lipinski definition) is 0. The van der Waals surface area contributed by atoms with E-state index < -0.39 is 24.1 Å². The van der Waals surface area contributed by atoms with Gasteiger partial charge in [0, 0.05) is 29.5 Å². The predicted molar refractivity (Wildman–Crippen MR) is 79.7 cm³/mol. The highest BCUT2D eigenvalue weighted by molar-refractivity contribution is 6.01. The molecule has 0 saturated carbocycles. The van der Waals surface area contributed by atoms with Gasteiger partial charge in [-0.15, -0.1) is 4.91 Å².